The standard InChI is InChI=1S/C20H21N7O2S3/c1-24-19(15-6-3-2-4-7-15)21-27(20(24)30)14-25-10-12-26(13-11-25)32(28,29)17-9-5-8-16-18(17)23-31-22-16/h2-9H,10-14H2,1H3. The molecule has 0 saturated carbocycles. The van der Waals surface area contributed by atoms with E-state index < -0.39 is 10.0 Å². The molecule has 0 amide bonds. The summed E-state index contributed by atoms with van der Waals surface area (Å²) in [4.78, 5) is 2.38. The highest BCUT2D eigenvalue weighted by atomic mass is 32.2. The third kappa shape index (κ3) is 3.77. The van der Waals surface area contributed by atoms with Crippen LogP contribution in [0.3, 0.4) is 0 Å². The predicted octanol–water partition coefficient (Wildman–Crippen LogP) is 2.59. The summed E-state index contributed by atoms with van der Waals surface area (Å²) in [6, 6.07) is 15.0. The number of nitrogens with zero attached hydrogens (tertiary/aromatic N) is 7. The Labute approximate surface area is 194 Å². The number of rotatable bonds is 5. The van der Waals surface area contributed by atoms with Crippen LogP contribution in [0, 0.1) is 4.77 Å². The Bertz CT molecular complexity index is 1420. The molecular weight excluding hydrogens is 466 g/mol. The van der Waals surface area contributed by atoms with Gasteiger partial charge in [-0.25, -0.2) is 13.1 Å². The zero-order valence-electron chi connectivity index (χ0n) is 17.3. The van der Waals surface area contributed by atoms with Gasteiger partial charge in [0.05, 0.1) is 18.4 Å². The summed E-state index contributed by atoms with van der Waals surface area (Å²) in [7, 11) is -1.73. The Morgan fingerprint density at radius 2 is 1.75 bits per heavy atom. The Kier molecular flexibility index (Phi) is 5.63. The van der Waals surface area contributed by atoms with Crippen LogP contribution in [0.1, 0.15) is 0 Å². The van der Waals surface area contributed by atoms with Gasteiger partial charge in [-0.15, -0.1) is 0 Å². The Hall–Kier alpha value is -2.51. The highest BCUT2D eigenvalue weighted by Crippen LogP contribution is 2.25. The van der Waals surface area contributed by atoms with Crippen molar-refractivity contribution in [1.29, 1.82) is 0 Å². The van der Waals surface area contributed by atoms with Crippen LogP contribution < -0.4 is 0 Å². The SMILES string of the molecule is Cn1c(-c2ccccc2)nn(CN2CCN(S(=O)(=O)c3cccc4nsnc34)CC2)c1=S. The Morgan fingerprint density at radius 1 is 1.00 bits per heavy atom. The molecule has 9 nitrogen and oxygen atoms in total. The quantitative estimate of drug-likeness (QED) is 0.400. The van der Waals surface area contributed by atoms with Crippen LogP contribution in [0.2, 0.25) is 0 Å². The van der Waals surface area contributed by atoms with Crippen molar-refractivity contribution in [2.45, 2.75) is 11.6 Å². The first-order valence-electron chi connectivity index (χ1n) is 10.1. The third-order valence-corrected chi connectivity index (χ3v) is 8.56. The van der Waals surface area contributed by atoms with Gasteiger partial charge in [0.25, 0.3) is 0 Å². The lowest BCUT2D eigenvalue weighted by atomic mass is 10.2. The lowest BCUT2D eigenvalue weighted by Gasteiger charge is -2.33. The number of aromatic nitrogens is 5. The molecule has 12 heteroatoms. The number of benzene rings is 2. The van der Waals surface area contributed by atoms with Gasteiger partial charge in [-0.1, -0.05) is 36.4 Å². The molecule has 0 spiro atoms. The predicted molar refractivity (Wildman–Crippen MR) is 125 cm³/mol. The van der Waals surface area contributed by atoms with Crippen LogP contribution in [-0.2, 0) is 23.7 Å². The Morgan fingerprint density at radius 3 is 2.50 bits per heavy atom. The maximum atomic E-state index is 13.2. The van der Waals surface area contributed by atoms with Gasteiger partial charge in [-0.3, -0.25) is 4.90 Å². The molecular formula is C20H21N7O2S3. The molecule has 32 heavy (non-hydrogen) atoms. The molecule has 4 aromatic rings. The summed E-state index contributed by atoms with van der Waals surface area (Å²) >= 11 is 6.61. The van der Waals surface area contributed by atoms with Crippen LogP contribution in [0.5, 0.6) is 0 Å². The van der Waals surface area contributed by atoms with Crippen LogP contribution in [-0.4, -0.2) is 66.9 Å². The highest BCUT2D eigenvalue weighted by molar-refractivity contribution is 7.89. The number of piperazine rings is 1. The van der Waals surface area contributed by atoms with Crippen molar-refractivity contribution >= 4 is 45.0 Å². The van der Waals surface area contributed by atoms with E-state index in [-0.39, 0.29) is 4.90 Å². The van der Waals surface area contributed by atoms with Crippen molar-refractivity contribution in [1.82, 2.24) is 32.3 Å². The number of fused-ring (bicyclic) bond motifs is 1. The van der Waals surface area contributed by atoms with Crippen molar-refractivity contribution in [3.05, 3.63) is 53.3 Å². The van der Waals surface area contributed by atoms with E-state index in [9.17, 15) is 8.42 Å². The summed E-state index contributed by atoms with van der Waals surface area (Å²) in [6.07, 6.45) is 0. The van der Waals surface area contributed by atoms with E-state index >= 15 is 0 Å². The normalized spacial score (nSPS) is 16.0. The monoisotopic (exact) mass is 487 g/mol. The minimum absolute atomic E-state index is 0.219. The maximum absolute atomic E-state index is 13.2. The zero-order chi connectivity index (χ0) is 22.3. The lowest BCUT2D eigenvalue weighted by molar-refractivity contribution is 0.144. The molecule has 1 fully saturated rings. The van der Waals surface area contributed by atoms with Crippen molar-refractivity contribution in [2.75, 3.05) is 26.2 Å². The van der Waals surface area contributed by atoms with E-state index in [1.165, 1.54) is 4.31 Å². The van der Waals surface area contributed by atoms with Crippen LogP contribution in [0.25, 0.3) is 22.4 Å². The molecule has 2 aromatic carbocycles. The third-order valence-electron chi connectivity index (χ3n) is 5.60. The summed E-state index contributed by atoms with van der Waals surface area (Å²) in [5.41, 5.74) is 2.04. The van der Waals surface area contributed by atoms with Crippen molar-refractivity contribution in [3.63, 3.8) is 0 Å². The van der Waals surface area contributed by atoms with E-state index in [2.05, 4.69) is 13.6 Å². The fourth-order valence-corrected chi connectivity index (χ4v) is 6.21. The number of hydrogen-bond acceptors (Lipinski definition) is 8. The molecule has 0 atom stereocenters. The van der Waals surface area contributed by atoms with Gasteiger partial charge < -0.3 is 4.57 Å². The first kappa shape index (κ1) is 21.3. The summed E-state index contributed by atoms with van der Waals surface area (Å²) in [5.74, 6) is 0.807. The first-order chi connectivity index (χ1) is 15.4. The second-order valence-electron chi connectivity index (χ2n) is 7.58. The molecule has 1 aliphatic rings. The van der Waals surface area contributed by atoms with E-state index in [1.807, 2.05) is 41.9 Å². The van der Waals surface area contributed by atoms with Gasteiger partial charge in [-0.2, -0.15) is 18.2 Å². The molecule has 0 bridgehead atoms. The molecule has 1 saturated heterocycles. The van der Waals surface area contributed by atoms with E-state index in [0.29, 0.717) is 48.7 Å². The molecule has 1 aliphatic heterocycles. The van der Waals surface area contributed by atoms with Crippen molar-refractivity contribution in [3.8, 4) is 11.4 Å². The fraction of sp³-hybridized carbons (Fsp3) is 0.300. The van der Waals surface area contributed by atoms with E-state index in [1.54, 1.807) is 22.9 Å². The number of hydrogen-bond donors (Lipinski definition) is 0. The van der Waals surface area contributed by atoms with Gasteiger partial charge in [0.1, 0.15) is 15.9 Å². The lowest BCUT2D eigenvalue weighted by Crippen LogP contribution is -2.49. The minimum Gasteiger partial charge on any atom is -0.303 e. The second kappa shape index (κ2) is 8.45. The average molecular weight is 488 g/mol. The smallest absolute Gasteiger partial charge is 0.245 e. The largest absolute Gasteiger partial charge is 0.303 e. The van der Waals surface area contributed by atoms with E-state index in [4.69, 9.17) is 17.3 Å². The summed E-state index contributed by atoms with van der Waals surface area (Å²) < 4.78 is 40.6. The Balaban J connectivity index is 1.31. The van der Waals surface area contributed by atoms with E-state index in [0.717, 1.165) is 23.1 Å². The first-order valence-corrected chi connectivity index (χ1v) is 12.7. The molecule has 2 aromatic heterocycles. The molecule has 0 N–H and O–H groups in total. The molecule has 0 unspecified atom stereocenters. The molecule has 0 aliphatic carbocycles. The number of sulfonamides is 1. The molecule has 0 radical (unpaired) electrons. The van der Waals surface area contributed by atoms with Gasteiger partial charge in [0.15, 0.2) is 10.6 Å². The topological polar surface area (TPSA) is 89.2 Å². The molecule has 5 rings (SSSR count). The van der Waals surface area contributed by atoms with Crippen LogP contribution in [0.4, 0.5) is 0 Å². The zero-order valence-corrected chi connectivity index (χ0v) is 19.8. The van der Waals surface area contributed by atoms with Gasteiger partial charge in [0.2, 0.25) is 10.0 Å². The molecule has 3 heterocycles. The van der Waals surface area contributed by atoms with Crippen LogP contribution >= 0.6 is 23.9 Å². The average Bonchev–Trinajstić information content (AvgIpc) is 3.40. The van der Waals surface area contributed by atoms with Crippen LogP contribution in [0.15, 0.2) is 53.4 Å². The maximum Gasteiger partial charge on any atom is 0.245 e. The molecule has 166 valence electrons. The minimum atomic E-state index is -3.64. The van der Waals surface area contributed by atoms with Gasteiger partial charge >= 0.3 is 0 Å². The highest BCUT2D eigenvalue weighted by Gasteiger charge is 2.31. The van der Waals surface area contributed by atoms with Gasteiger partial charge in [0, 0.05) is 38.8 Å². The second-order valence-corrected chi connectivity index (χ2v) is 10.4. The van der Waals surface area contributed by atoms with Gasteiger partial charge in [-0.05, 0) is 24.4 Å². The summed E-state index contributed by atoms with van der Waals surface area (Å²) in [5, 5.41) is 4.71. The van der Waals surface area contributed by atoms with Crippen molar-refractivity contribution < 1.29 is 8.42 Å². The summed E-state index contributed by atoms with van der Waals surface area (Å²) in [6.45, 7) is 2.47. The van der Waals surface area contributed by atoms with Crippen molar-refractivity contribution in [2.24, 2.45) is 7.05 Å². The fourth-order valence-electron chi connectivity index (χ4n) is 3.85.